The molecular formula is C23H27N5O5S. The Morgan fingerprint density at radius 1 is 1.21 bits per heavy atom. The number of nitrogens with zero attached hydrogens (tertiary/aromatic N) is 3. The Hall–Kier alpha value is -3.73. The zero-order valence-corrected chi connectivity index (χ0v) is 20.3. The molecule has 0 aliphatic heterocycles. The van der Waals surface area contributed by atoms with Crippen molar-refractivity contribution in [3.05, 3.63) is 42.0 Å². The van der Waals surface area contributed by atoms with Crippen LogP contribution < -0.4 is 29.3 Å². The van der Waals surface area contributed by atoms with Gasteiger partial charge in [0.25, 0.3) is 11.7 Å². The third-order valence-electron chi connectivity index (χ3n) is 4.77. The van der Waals surface area contributed by atoms with Crippen LogP contribution in [0.25, 0.3) is 11.4 Å². The first kappa shape index (κ1) is 24.9. The number of carbonyl (C=O) groups excluding carboxylic acids is 1. The highest BCUT2D eigenvalue weighted by atomic mass is 32.2. The molecule has 1 aromatic heterocycles. The molecule has 1 amide bonds. The lowest BCUT2D eigenvalue weighted by molar-refractivity contribution is -0.719. The van der Waals surface area contributed by atoms with Crippen LogP contribution in [0.1, 0.15) is 19.4 Å². The minimum absolute atomic E-state index is 0.0940. The number of carbonyl (C=O) groups is 1. The predicted molar refractivity (Wildman–Crippen MR) is 127 cm³/mol. The van der Waals surface area contributed by atoms with Crippen LogP contribution >= 0.6 is 11.8 Å². The third kappa shape index (κ3) is 5.79. The number of ether oxygens (including phenoxy) is 3. The molecule has 0 fully saturated rings. The van der Waals surface area contributed by atoms with Crippen LogP contribution in [0.5, 0.6) is 23.0 Å². The monoisotopic (exact) mass is 485 g/mol. The van der Waals surface area contributed by atoms with Gasteiger partial charge in [-0.3, -0.25) is 4.79 Å². The summed E-state index contributed by atoms with van der Waals surface area (Å²) in [6.07, 6.45) is 1.31. The summed E-state index contributed by atoms with van der Waals surface area (Å²) in [5, 5.41) is 24.2. The molecule has 0 saturated carbocycles. The zero-order valence-electron chi connectivity index (χ0n) is 19.5. The van der Waals surface area contributed by atoms with E-state index in [0.717, 1.165) is 11.4 Å². The second kappa shape index (κ2) is 11.9. The van der Waals surface area contributed by atoms with E-state index >= 15 is 0 Å². The Kier molecular flexibility index (Phi) is 8.74. The van der Waals surface area contributed by atoms with Gasteiger partial charge in [0.05, 0.1) is 50.0 Å². The van der Waals surface area contributed by atoms with Crippen LogP contribution in [0.3, 0.4) is 0 Å². The van der Waals surface area contributed by atoms with Gasteiger partial charge in [-0.25, -0.2) is 9.99 Å². The Bertz CT molecular complexity index is 1160. The van der Waals surface area contributed by atoms with Crippen molar-refractivity contribution >= 4 is 23.9 Å². The smallest absolute Gasteiger partial charge is 0.337 e. The number of nitrogens with one attached hydrogen (secondary N) is 2. The van der Waals surface area contributed by atoms with Crippen LogP contribution in [0, 0.1) is 0 Å². The quantitative estimate of drug-likeness (QED) is 0.184. The van der Waals surface area contributed by atoms with E-state index in [1.165, 1.54) is 18.0 Å². The Labute approximate surface area is 201 Å². The third-order valence-corrected chi connectivity index (χ3v) is 5.74. The number of hydrogen-bond acceptors (Lipinski definition) is 8. The largest absolute Gasteiger partial charge is 0.870 e. The number of thioether (sulfide) groups is 1. The van der Waals surface area contributed by atoms with Gasteiger partial charge in [-0.05, 0) is 55.4 Å². The predicted octanol–water partition coefficient (Wildman–Crippen LogP) is 2.12. The lowest BCUT2D eigenvalue weighted by Gasteiger charge is -2.15. The fourth-order valence-electron chi connectivity index (χ4n) is 3.16. The lowest BCUT2D eigenvalue weighted by atomic mass is 10.2. The fraction of sp³-hybridized carbons (Fsp3) is 0.304. The Morgan fingerprint density at radius 3 is 2.71 bits per heavy atom. The van der Waals surface area contributed by atoms with Crippen molar-refractivity contribution in [1.82, 2.24) is 15.6 Å². The number of amides is 1. The summed E-state index contributed by atoms with van der Waals surface area (Å²) < 4.78 is 17.9. The first-order valence-corrected chi connectivity index (χ1v) is 11.6. The van der Waals surface area contributed by atoms with Gasteiger partial charge in [-0.15, -0.1) is 5.10 Å². The molecule has 3 aromatic rings. The molecule has 1 heterocycles. The number of H-pyrrole nitrogens is 1. The molecule has 0 spiro atoms. The van der Waals surface area contributed by atoms with Crippen LogP contribution in [0.15, 0.2) is 46.7 Å². The van der Waals surface area contributed by atoms with E-state index in [1.54, 1.807) is 39.3 Å². The molecule has 0 aliphatic rings. The summed E-state index contributed by atoms with van der Waals surface area (Å²) >= 11 is 1.27. The molecule has 11 heteroatoms. The average Bonchev–Trinajstić information content (AvgIpc) is 3.27. The number of aromatic amines is 1. The van der Waals surface area contributed by atoms with Gasteiger partial charge in [-0.2, -0.15) is 5.10 Å². The van der Waals surface area contributed by atoms with Crippen molar-refractivity contribution in [3.8, 4) is 34.4 Å². The Balaban J connectivity index is 1.64. The molecule has 10 nitrogen and oxygen atoms in total. The van der Waals surface area contributed by atoms with Gasteiger partial charge >= 0.3 is 5.16 Å². The molecule has 180 valence electrons. The van der Waals surface area contributed by atoms with Crippen LogP contribution in [0.2, 0.25) is 0 Å². The number of methoxy groups -OCH3 is 2. The van der Waals surface area contributed by atoms with E-state index in [9.17, 15) is 9.90 Å². The molecule has 0 aliphatic carbocycles. The number of para-hydroxylation sites is 1. The molecule has 2 aromatic carbocycles. The molecule has 0 saturated heterocycles. The highest BCUT2D eigenvalue weighted by Crippen LogP contribution is 2.31. The lowest BCUT2D eigenvalue weighted by Crippen LogP contribution is -2.36. The topological polar surface area (TPSA) is 125 Å². The number of hydrazone groups is 1. The van der Waals surface area contributed by atoms with Gasteiger partial charge in [0.15, 0.2) is 11.5 Å². The van der Waals surface area contributed by atoms with E-state index in [2.05, 4.69) is 20.7 Å². The normalized spacial score (nSPS) is 10.9. The summed E-state index contributed by atoms with van der Waals surface area (Å²) in [6.45, 7) is 4.83. The average molecular weight is 486 g/mol. The zero-order chi connectivity index (χ0) is 24.5. The van der Waals surface area contributed by atoms with E-state index in [4.69, 9.17) is 14.2 Å². The highest BCUT2D eigenvalue weighted by Gasteiger charge is 2.22. The maximum atomic E-state index is 12.3. The van der Waals surface area contributed by atoms with Crippen LogP contribution in [0.4, 0.5) is 0 Å². The van der Waals surface area contributed by atoms with Crippen molar-refractivity contribution in [2.75, 3.05) is 26.6 Å². The van der Waals surface area contributed by atoms with Crippen LogP contribution in [-0.2, 0) is 11.3 Å². The van der Waals surface area contributed by atoms with Crippen LogP contribution in [-0.4, -0.2) is 48.9 Å². The van der Waals surface area contributed by atoms with Crippen molar-refractivity contribution in [2.24, 2.45) is 5.10 Å². The molecule has 2 N–H and O–H groups in total. The summed E-state index contributed by atoms with van der Waals surface area (Å²) in [4.78, 5) is 12.3. The van der Waals surface area contributed by atoms with E-state index in [1.807, 2.05) is 29.7 Å². The van der Waals surface area contributed by atoms with E-state index in [-0.39, 0.29) is 23.2 Å². The van der Waals surface area contributed by atoms with Crippen molar-refractivity contribution in [2.45, 2.75) is 25.5 Å². The summed E-state index contributed by atoms with van der Waals surface area (Å²) in [5.74, 6) is 1.76. The summed E-state index contributed by atoms with van der Waals surface area (Å²) in [7, 11) is 3.17. The fourth-order valence-corrected chi connectivity index (χ4v) is 3.98. The first-order chi connectivity index (χ1) is 16.5. The number of rotatable bonds is 11. The second-order valence-electron chi connectivity index (χ2n) is 6.86. The first-order valence-electron chi connectivity index (χ1n) is 10.6. The molecule has 3 rings (SSSR count). The highest BCUT2D eigenvalue weighted by molar-refractivity contribution is 7.99. The molecule has 0 unspecified atom stereocenters. The maximum Gasteiger partial charge on any atom is 0.337 e. The SMILES string of the molecule is CCOc1cccc(C=NNC(=O)CSc2n[nH]c(-c3ccc(OC)c(OC)c3)[n+]2CC)c1[O-]. The molecule has 0 atom stereocenters. The van der Waals surface area contributed by atoms with Gasteiger partial charge in [0.1, 0.15) is 5.75 Å². The van der Waals surface area contributed by atoms with Gasteiger partial charge < -0.3 is 19.3 Å². The molecule has 0 radical (unpaired) electrons. The number of hydrogen-bond donors (Lipinski definition) is 2. The molecular weight excluding hydrogens is 458 g/mol. The van der Waals surface area contributed by atoms with Gasteiger partial charge in [0.2, 0.25) is 0 Å². The van der Waals surface area contributed by atoms with E-state index in [0.29, 0.717) is 35.4 Å². The molecule has 0 bridgehead atoms. The Morgan fingerprint density at radius 2 is 2.00 bits per heavy atom. The summed E-state index contributed by atoms with van der Waals surface area (Å²) in [5.41, 5.74) is 3.64. The van der Waals surface area contributed by atoms with Gasteiger partial charge in [0, 0.05) is 0 Å². The maximum absolute atomic E-state index is 12.3. The number of aromatic nitrogens is 3. The standard InChI is InChI=1S/C23H27N5O5S/c1-5-28-22(15-10-11-17(31-3)19(12-15)32-4)26-27-23(28)34-14-20(29)25-24-13-16-8-7-9-18(21(16)30)33-6-2/h7-13H,5-6,14H2,1-4H3,(H2,24,25,29,30). The number of benzene rings is 2. The van der Waals surface area contributed by atoms with Crippen molar-refractivity contribution < 1.29 is 28.7 Å². The minimum atomic E-state index is -0.326. The van der Waals surface area contributed by atoms with Crippen molar-refractivity contribution in [1.29, 1.82) is 0 Å². The molecule has 34 heavy (non-hydrogen) atoms. The summed E-state index contributed by atoms with van der Waals surface area (Å²) in [6, 6.07) is 10.5. The van der Waals surface area contributed by atoms with Crippen molar-refractivity contribution in [3.63, 3.8) is 0 Å². The van der Waals surface area contributed by atoms with E-state index < -0.39 is 0 Å². The van der Waals surface area contributed by atoms with Gasteiger partial charge in [-0.1, -0.05) is 17.9 Å². The second-order valence-corrected chi connectivity index (χ2v) is 7.80. The minimum Gasteiger partial charge on any atom is -0.870 e.